The smallest absolute Gasteiger partial charge is 0.142 e. The van der Waals surface area contributed by atoms with Crippen LogP contribution in [0.4, 0.5) is 0 Å². The highest BCUT2D eigenvalue weighted by Gasteiger charge is 2.11. The molecule has 0 spiro atoms. The summed E-state index contributed by atoms with van der Waals surface area (Å²) in [7, 11) is 0. The fourth-order valence-corrected chi connectivity index (χ4v) is 3.40. The fraction of sp³-hybridized carbons (Fsp3) is 0.455. The first-order valence-electron chi connectivity index (χ1n) is 4.78. The van der Waals surface area contributed by atoms with Gasteiger partial charge in [-0.25, -0.2) is 0 Å². The molecule has 0 unspecified atom stereocenters. The van der Waals surface area contributed by atoms with Crippen molar-refractivity contribution in [1.29, 1.82) is 0 Å². The van der Waals surface area contributed by atoms with Crippen LogP contribution in [-0.2, 0) is 0 Å². The Balaban J connectivity index is 3.11. The van der Waals surface area contributed by atoms with Gasteiger partial charge in [0.25, 0.3) is 0 Å². The van der Waals surface area contributed by atoms with Gasteiger partial charge in [0.15, 0.2) is 0 Å². The second kappa shape index (κ2) is 5.53. The third-order valence-electron chi connectivity index (χ3n) is 2.50. The van der Waals surface area contributed by atoms with Crippen LogP contribution in [-0.4, -0.2) is 5.11 Å². The Morgan fingerprint density at radius 1 is 1.14 bits per heavy atom. The molecule has 0 amide bonds. The summed E-state index contributed by atoms with van der Waals surface area (Å²) in [4.78, 5) is 0. The van der Waals surface area contributed by atoms with Gasteiger partial charge in [-0.05, 0) is 81.6 Å². The van der Waals surface area contributed by atoms with E-state index in [9.17, 15) is 5.11 Å². The third-order valence-corrected chi connectivity index (χ3v) is 4.14. The van der Waals surface area contributed by atoms with E-state index in [1.165, 1.54) is 5.56 Å². The quantitative estimate of drug-likeness (QED) is 0.720. The highest BCUT2D eigenvalue weighted by molar-refractivity contribution is 14.1. The number of hydrogen-bond donors (Lipinski definition) is 1. The van der Waals surface area contributed by atoms with Crippen molar-refractivity contribution in [2.24, 2.45) is 0 Å². The first-order valence-corrected chi connectivity index (χ1v) is 6.93. The molecule has 3 heteroatoms. The Morgan fingerprint density at radius 2 is 1.57 bits per heavy atom. The monoisotopic (exact) mass is 416 g/mol. The molecule has 78 valence electrons. The molecular formula is C11H14I2O. The lowest BCUT2D eigenvalue weighted by Gasteiger charge is -2.14. The number of rotatable bonds is 3. The van der Waals surface area contributed by atoms with Gasteiger partial charge in [0.05, 0.1) is 7.14 Å². The van der Waals surface area contributed by atoms with Crippen LogP contribution >= 0.6 is 45.2 Å². The van der Waals surface area contributed by atoms with Gasteiger partial charge < -0.3 is 5.11 Å². The molecule has 1 N–H and O–H groups in total. The van der Waals surface area contributed by atoms with E-state index in [0.29, 0.717) is 11.7 Å². The Morgan fingerprint density at radius 3 is 1.93 bits per heavy atom. The third kappa shape index (κ3) is 2.74. The molecule has 0 heterocycles. The van der Waals surface area contributed by atoms with Crippen molar-refractivity contribution in [3.63, 3.8) is 0 Å². The van der Waals surface area contributed by atoms with Crippen molar-refractivity contribution in [2.45, 2.75) is 32.6 Å². The summed E-state index contributed by atoms with van der Waals surface area (Å²) in [6, 6.07) is 4.19. The average molecular weight is 416 g/mol. The van der Waals surface area contributed by atoms with Crippen LogP contribution in [0.15, 0.2) is 12.1 Å². The number of aromatic hydroxyl groups is 1. The molecule has 1 rings (SSSR count). The minimum atomic E-state index is 0.418. The van der Waals surface area contributed by atoms with Crippen LogP contribution in [0.2, 0.25) is 0 Å². The van der Waals surface area contributed by atoms with Gasteiger partial charge in [0.2, 0.25) is 0 Å². The van der Waals surface area contributed by atoms with Crippen LogP contribution in [0.3, 0.4) is 0 Å². The number of hydrogen-bond acceptors (Lipinski definition) is 1. The topological polar surface area (TPSA) is 20.2 Å². The van der Waals surface area contributed by atoms with Gasteiger partial charge in [0.1, 0.15) is 5.75 Å². The van der Waals surface area contributed by atoms with E-state index in [4.69, 9.17) is 0 Å². The lowest BCUT2D eigenvalue weighted by atomic mass is 9.94. The molecule has 1 aromatic carbocycles. The summed E-state index contributed by atoms with van der Waals surface area (Å²) in [5.41, 5.74) is 1.35. The predicted molar refractivity (Wildman–Crippen MR) is 76.9 cm³/mol. The molecule has 0 aliphatic carbocycles. The van der Waals surface area contributed by atoms with Crippen molar-refractivity contribution in [3.8, 4) is 5.75 Å². The van der Waals surface area contributed by atoms with Gasteiger partial charge in [-0.2, -0.15) is 0 Å². The van der Waals surface area contributed by atoms with Crippen LogP contribution in [0.25, 0.3) is 0 Å². The van der Waals surface area contributed by atoms with E-state index < -0.39 is 0 Å². The van der Waals surface area contributed by atoms with Crippen LogP contribution in [0, 0.1) is 7.14 Å². The maximum atomic E-state index is 9.64. The van der Waals surface area contributed by atoms with Crippen molar-refractivity contribution in [1.82, 2.24) is 0 Å². The molecule has 0 atom stereocenters. The second-order valence-corrected chi connectivity index (χ2v) is 5.67. The van der Waals surface area contributed by atoms with E-state index in [1.54, 1.807) is 0 Å². The minimum Gasteiger partial charge on any atom is -0.506 e. The predicted octanol–water partition coefficient (Wildman–Crippen LogP) is 4.51. The number of phenols is 1. The van der Waals surface area contributed by atoms with Gasteiger partial charge in [-0.15, -0.1) is 0 Å². The summed E-state index contributed by atoms with van der Waals surface area (Å²) in [6.45, 7) is 4.42. The Bertz CT molecular complexity index is 296. The van der Waals surface area contributed by atoms with Crippen LogP contribution < -0.4 is 0 Å². The molecule has 1 nitrogen and oxygen atoms in total. The fourth-order valence-electron chi connectivity index (χ4n) is 1.58. The molecule has 0 aliphatic rings. The van der Waals surface area contributed by atoms with Crippen LogP contribution in [0.1, 0.15) is 38.2 Å². The van der Waals surface area contributed by atoms with Crippen molar-refractivity contribution in [3.05, 3.63) is 24.8 Å². The highest BCUT2D eigenvalue weighted by Crippen LogP contribution is 2.32. The van der Waals surface area contributed by atoms with Crippen molar-refractivity contribution in [2.75, 3.05) is 0 Å². The molecule has 0 fully saturated rings. The second-order valence-electron chi connectivity index (χ2n) is 3.35. The molecule has 0 aromatic heterocycles. The molecule has 1 aromatic rings. The van der Waals surface area contributed by atoms with E-state index in [0.717, 1.165) is 20.0 Å². The zero-order chi connectivity index (χ0) is 10.7. The normalized spacial score (nSPS) is 10.9. The van der Waals surface area contributed by atoms with Gasteiger partial charge in [-0.1, -0.05) is 13.8 Å². The zero-order valence-corrected chi connectivity index (χ0v) is 12.7. The molecule has 14 heavy (non-hydrogen) atoms. The van der Waals surface area contributed by atoms with Crippen LogP contribution in [0.5, 0.6) is 5.75 Å². The average Bonchev–Trinajstić information content (AvgIpc) is 2.16. The summed E-state index contributed by atoms with van der Waals surface area (Å²) in [5.74, 6) is 1.04. The lowest BCUT2D eigenvalue weighted by molar-refractivity contribution is 0.466. The molecule has 0 bridgehead atoms. The number of phenolic OH excluding ortho intramolecular Hbond substituents is 1. The molecule has 0 aliphatic heterocycles. The van der Waals surface area contributed by atoms with Gasteiger partial charge in [0, 0.05) is 0 Å². The summed E-state index contributed by atoms with van der Waals surface area (Å²) < 4.78 is 1.91. The molecule has 0 saturated heterocycles. The molecule has 0 radical (unpaired) electrons. The summed E-state index contributed by atoms with van der Waals surface area (Å²) in [6.07, 6.45) is 2.32. The van der Waals surface area contributed by atoms with E-state index in [1.807, 2.05) is 0 Å². The zero-order valence-electron chi connectivity index (χ0n) is 8.35. The Labute approximate surface area is 113 Å². The van der Waals surface area contributed by atoms with E-state index in [2.05, 4.69) is 71.2 Å². The SMILES string of the molecule is CCC(CC)c1cc(I)c(O)c(I)c1. The standard InChI is InChI=1S/C11H14I2O/c1-3-7(4-2)8-5-9(12)11(14)10(13)6-8/h5-7,14H,3-4H2,1-2H3. The highest BCUT2D eigenvalue weighted by atomic mass is 127. The number of benzene rings is 1. The minimum absolute atomic E-state index is 0.418. The van der Waals surface area contributed by atoms with Gasteiger partial charge >= 0.3 is 0 Å². The molecule has 0 saturated carbocycles. The summed E-state index contributed by atoms with van der Waals surface area (Å²) >= 11 is 4.37. The number of halogens is 2. The van der Waals surface area contributed by atoms with Gasteiger partial charge in [-0.3, -0.25) is 0 Å². The Kier molecular flexibility index (Phi) is 4.96. The van der Waals surface area contributed by atoms with Crippen molar-refractivity contribution >= 4 is 45.2 Å². The molecular weight excluding hydrogens is 402 g/mol. The maximum Gasteiger partial charge on any atom is 0.142 e. The van der Waals surface area contributed by atoms with E-state index in [-0.39, 0.29) is 0 Å². The first-order chi connectivity index (χ1) is 6.60. The lowest BCUT2D eigenvalue weighted by Crippen LogP contribution is -1.97. The van der Waals surface area contributed by atoms with E-state index >= 15 is 0 Å². The summed E-state index contributed by atoms with van der Waals surface area (Å²) in [5, 5.41) is 9.64. The van der Waals surface area contributed by atoms with Crippen molar-refractivity contribution < 1.29 is 5.11 Å². The Hall–Kier alpha value is 0.480. The first kappa shape index (κ1) is 12.5. The largest absolute Gasteiger partial charge is 0.506 e. The maximum absolute atomic E-state index is 9.64.